The summed E-state index contributed by atoms with van der Waals surface area (Å²) in [6.45, 7) is 1.82. The number of likely N-dealkylation sites (N-methyl/N-ethyl adjacent to an activating group) is 1. The first-order chi connectivity index (χ1) is 19.3. The van der Waals surface area contributed by atoms with Gasteiger partial charge in [-0.2, -0.15) is 0 Å². The van der Waals surface area contributed by atoms with Crippen LogP contribution in [0.4, 0.5) is 0 Å². The van der Waals surface area contributed by atoms with Crippen molar-refractivity contribution in [3.05, 3.63) is 99.0 Å². The fraction of sp³-hybridized carbons (Fsp3) is 0.424. The first kappa shape index (κ1) is 26.3. The lowest BCUT2D eigenvalue weighted by atomic mass is 9.48. The van der Waals surface area contributed by atoms with Crippen molar-refractivity contribution in [2.75, 3.05) is 20.1 Å². The minimum atomic E-state index is -0.906. The third kappa shape index (κ3) is 3.85. The van der Waals surface area contributed by atoms with Crippen LogP contribution < -0.4 is 4.74 Å². The van der Waals surface area contributed by atoms with Crippen molar-refractivity contribution in [3.8, 4) is 5.75 Å². The molecule has 2 unspecified atom stereocenters. The van der Waals surface area contributed by atoms with E-state index < -0.39 is 11.0 Å². The van der Waals surface area contributed by atoms with Crippen molar-refractivity contribution >= 4 is 29.1 Å². The number of benzene rings is 3. The molecule has 5 nitrogen and oxygen atoms in total. The van der Waals surface area contributed by atoms with Crippen LogP contribution in [-0.4, -0.2) is 64.7 Å². The molecule has 4 aliphatic rings. The van der Waals surface area contributed by atoms with Crippen molar-refractivity contribution in [2.24, 2.45) is 0 Å². The van der Waals surface area contributed by atoms with Crippen LogP contribution >= 0.6 is 23.2 Å². The lowest BCUT2D eigenvalue weighted by Gasteiger charge is -2.64. The lowest BCUT2D eigenvalue weighted by molar-refractivity contribution is -0.199. The summed E-state index contributed by atoms with van der Waals surface area (Å²) in [5.41, 5.74) is 3.20. The number of carbonyl (C=O) groups excluding carboxylic acids is 1. The van der Waals surface area contributed by atoms with Gasteiger partial charge in [-0.3, -0.25) is 9.69 Å². The van der Waals surface area contributed by atoms with E-state index in [2.05, 4.69) is 47.4 Å². The molecule has 40 heavy (non-hydrogen) atoms. The van der Waals surface area contributed by atoms with Gasteiger partial charge >= 0.3 is 0 Å². The second-order valence-corrected chi connectivity index (χ2v) is 12.8. The molecule has 208 valence electrons. The number of ether oxygens (including phenoxy) is 1. The highest BCUT2D eigenvalue weighted by Crippen LogP contribution is 2.64. The third-order valence-electron chi connectivity index (χ3n) is 10.2. The van der Waals surface area contributed by atoms with Crippen LogP contribution in [0.3, 0.4) is 0 Å². The zero-order chi connectivity index (χ0) is 27.6. The van der Waals surface area contributed by atoms with Crippen molar-refractivity contribution in [2.45, 2.75) is 67.7 Å². The molecule has 0 radical (unpaired) electrons. The summed E-state index contributed by atoms with van der Waals surface area (Å²) < 4.78 is 6.77. The Morgan fingerprint density at radius 1 is 1.05 bits per heavy atom. The van der Waals surface area contributed by atoms with E-state index in [1.807, 2.05) is 24.1 Å². The number of hydrogen-bond donors (Lipinski definition) is 1. The van der Waals surface area contributed by atoms with Crippen molar-refractivity contribution in [1.82, 2.24) is 9.80 Å². The highest BCUT2D eigenvalue weighted by Gasteiger charge is 2.72. The second kappa shape index (κ2) is 9.77. The van der Waals surface area contributed by atoms with E-state index in [-0.39, 0.29) is 30.5 Å². The van der Waals surface area contributed by atoms with Gasteiger partial charge in [-0.1, -0.05) is 71.7 Å². The molecular weight excluding hydrogens is 543 g/mol. The van der Waals surface area contributed by atoms with Crippen LogP contribution in [0.5, 0.6) is 5.75 Å². The summed E-state index contributed by atoms with van der Waals surface area (Å²) in [5.74, 6) is 0.895. The Labute approximate surface area is 245 Å². The van der Waals surface area contributed by atoms with Gasteiger partial charge in [-0.05, 0) is 73.5 Å². The van der Waals surface area contributed by atoms with E-state index in [0.29, 0.717) is 22.9 Å². The van der Waals surface area contributed by atoms with Crippen LogP contribution in [0.1, 0.15) is 41.5 Å². The van der Waals surface area contributed by atoms with E-state index in [0.717, 1.165) is 43.7 Å². The number of hydrogen-bond acceptors (Lipinski definition) is 4. The number of carbonyl (C=O) groups is 1. The van der Waals surface area contributed by atoms with Gasteiger partial charge in [0.2, 0.25) is 5.91 Å². The topological polar surface area (TPSA) is 53.0 Å². The Kier molecular flexibility index (Phi) is 6.43. The highest BCUT2D eigenvalue weighted by atomic mass is 35.5. The molecule has 3 aromatic carbocycles. The number of aliphatic hydroxyl groups is 1. The van der Waals surface area contributed by atoms with E-state index in [4.69, 9.17) is 27.9 Å². The molecule has 0 aromatic heterocycles. The summed E-state index contributed by atoms with van der Waals surface area (Å²) in [4.78, 5) is 18.0. The molecule has 3 aromatic rings. The average Bonchev–Trinajstić information content (AvgIpc) is 3.29. The fourth-order valence-electron chi connectivity index (χ4n) is 8.29. The van der Waals surface area contributed by atoms with Gasteiger partial charge in [0.05, 0.1) is 33.5 Å². The highest BCUT2D eigenvalue weighted by molar-refractivity contribution is 6.42. The van der Waals surface area contributed by atoms with Gasteiger partial charge in [-0.25, -0.2) is 0 Å². The zero-order valence-electron chi connectivity index (χ0n) is 22.7. The van der Waals surface area contributed by atoms with E-state index in [9.17, 15) is 9.90 Å². The molecule has 5 atom stereocenters. The summed E-state index contributed by atoms with van der Waals surface area (Å²) in [5, 5.41) is 13.7. The van der Waals surface area contributed by atoms with Crippen LogP contribution in [0, 0.1) is 0 Å². The Hall–Kier alpha value is -2.57. The second-order valence-electron chi connectivity index (χ2n) is 12.0. The molecule has 7 heteroatoms. The molecule has 1 N–H and O–H groups in total. The van der Waals surface area contributed by atoms with E-state index >= 15 is 0 Å². The van der Waals surface area contributed by atoms with Gasteiger partial charge in [0, 0.05) is 25.2 Å². The zero-order valence-corrected chi connectivity index (χ0v) is 24.2. The fourth-order valence-corrected chi connectivity index (χ4v) is 8.61. The maximum Gasteiger partial charge on any atom is 0.227 e. The Bertz CT molecular complexity index is 1470. The van der Waals surface area contributed by atoms with Crippen LogP contribution in [-0.2, 0) is 29.5 Å². The monoisotopic (exact) mass is 576 g/mol. The summed E-state index contributed by atoms with van der Waals surface area (Å²) in [6.07, 6.45) is 3.88. The number of likely N-dealkylation sites (tertiary alicyclic amines) is 1. The predicted molar refractivity (Wildman–Crippen MR) is 157 cm³/mol. The molecule has 2 bridgehead atoms. The van der Waals surface area contributed by atoms with Crippen molar-refractivity contribution in [3.63, 3.8) is 0 Å². The standard InChI is InChI=1S/C33H34Cl2N2O3/c1-36(29(38)19-22-10-11-24(34)25(35)18-22)26-12-14-33(39)28-20-23-8-5-9-27-30(23)32(33,31(26)40-27)15-17-37(28)16-13-21-6-3-2-4-7-21/h2-11,18,26,28,31,39H,12-17,19-20H2,1H3/t26?,28-,31?,32+,33-/m1/s1. The molecule has 2 aliphatic heterocycles. The number of piperidine rings is 1. The Morgan fingerprint density at radius 2 is 1.88 bits per heavy atom. The minimum absolute atomic E-state index is 0.0117. The molecule has 2 aliphatic carbocycles. The van der Waals surface area contributed by atoms with Crippen LogP contribution in [0.2, 0.25) is 10.0 Å². The first-order valence-corrected chi connectivity index (χ1v) is 15.1. The molecular formula is C33H34Cl2N2O3. The smallest absolute Gasteiger partial charge is 0.227 e. The van der Waals surface area contributed by atoms with E-state index in [1.165, 1.54) is 16.7 Å². The largest absolute Gasteiger partial charge is 0.487 e. The molecule has 1 saturated carbocycles. The minimum Gasteiger partial charge on any atom is -0.487 e. The number of halogens is 2. The molecule has 7 rings (SSSR count). The lowest BCUT2D eigenvalue weighted by Crippen LogP contribution is -2.78. The maximum absolute atomic E-state index is 13.6. The first-order valence-electron chi connectivity index (χ1n) is 14.3. The third-order valence-corrected chi connectivity index (χ3v) is 10.9. The number of rotatable bonds is 6. The Morgan fingerprint density at radius 3 is 2.67 bits per heavy atom. The van der Waals surface area contributed by atoms with Crippen LogP contribution in [0.25, 0.3) is 0 Å². The summed E-state index contributed by atoms with van der Waals surface area (Å²) in [7, 11) is 1.88. The molecule has 1 saturated heterocycles. The van der Waals surface area contributed by atoms with Gasteiger partial charge in [-0.15, -0.1) is 0 Å². The van der Waals surface area contributed by atoms with Crippen molar-refractivity contribution < 1.29 is 14.6 Å². The predicted octanol–water partition coefficient (Wildman–Crippen LogP) is 5.46. The quantitative estimate of drug-likeness (QED) is 0.423. The van der Waals surface area contributed by atoms with Gasteiger partial charge in [0.25, 0.3) is 0 Å². The van der Waals surface area contributed by atoms with Crippen molar-refractivity contribution in [1.29, 1.82) is 0 Å². The van der Waals surface area contributed by atoms with Crippen LogP contribution in [0.15, 0.2) is 66.7 Å². The molecule has 2 fully saturated rings. The Balaban J connectivity index is 1.19. The number of amides is 1. The van der Waals surface area contributed by atoms with Gasteiger partial charge in [0.15, 0.2) is 0 Å². The van der Waals surface area contributed by atoms with Gasteiger partial charge in [0.1, 0.15) is 11.9 Å². The summed E-state index contributed by atoms with van der Waals surface area (Å²) in [6, 6.07) is 22.2. The van der Waals surface area contributed by atoms with E-state index in [1.54, 1.807) is 12.1 Å². The molecule has 1 spiro atoms. The molecule has 2 heterocycles. The SMILES string of the molecule is CN(C(=O)Cc1ccc(Cl)c(Cl)c1)C1CC[C@@]2(O)[C@H]3Cc4cccc5c4[C@@]2(CCN3CCc2ccccc2)C1O5. The maximum atomic E-state index is 13.6. The normalized spacial score (nSPS) is 29.9. The van der Waals surface area contributed by atoms with Gasteiger partial charge < -0.3 is 14.7 Å². The number of nitrogens with zero attached hydrogens (tertiary/aromatic N) is 2. The summed E-state index contributed by atoms with van der Waals surface area (Å²) >= 11 is 12.3. The average molecular weight is 578 g/mol. The molecule has 1 amide bonds.